The molecule has 2 unspecified atom stereocenters. The van der Waals surface area contributed by atoms with Gasteiger partial charge in [0.05, 0.1) is 30.8 Å². The number of rotatable bonds is 15. The molecule has 3 heterocycles. The molecule has 0 aromatic carbocycles. The third-order valence-electron chi connectivity index (χ3n) is 8.31. The van der Waals surface area contributed by atoms with Crippen LogP contribution in [0.15, 0.2) is 25.3 Å². The minimum absolute atomic E-state index is 0.187. The molecule has 0 saturated carbocycles. The molecule has 0 aliphatic carbocycles. The van der Waals surface area contributed by atoms with Gasteiger partial charge in [0.1, 0.15) is 17.6 Å². The number of aliphatic hydroxyl groups excluding tert-OH is 1. The number of hydrogen-bond donors (Lipinski definition) is 1. The van der Waals surface area contributed by atoms with Crippen LogP contribution in [0.4, 0.5) is 0 Å². The Kier molecular flexibility index (Phi) is 9.62. The van der Waals surface area contributed by atoms with Crippen molar-refractivity contribution in [1.82, 2.24) is 9.80 Å². The van der Waals surface area contributed by atoms with Crippen molar-refractivity contribution >= 4 is 17.8 Å². The maximum absolute atomic E-state index is 14.3. The lowest BCUT2D eigenvalue weighted by Crippen LogP contribution is -2.59. The van der Waals surface area contributed by atoms with Crippen LogP contribution in [0.25, 0.3) is 0 Å². The summed E-state index contributed by atoms with van der Waals surface area (Å²) >= 11 is 0. The summed E-state index contributed by atoms with van der Waals surface area (Å²) in [6.45, 7) is 16.4. The molecule has 3 fully saturated rings. The number of amides is 2. The highest BCUT2D eigenvalue weighted by atomic mass is 16.6. The van der Waals surface area contributed by atoms with E-state index in [9.17, 15) is 19.5 Å². The van der Waals surface area contributed by atoms with E-state index in [1.165, 1.54) is 0 Å². The molecule has 6 atom stereocenters. The second kappa shape index (κ2) is 12.1. The number of likely N-dealkylation sites (tertiary alicyclic amines) is 1. The maximum Gasteiger partial charge on any atom is 0.312 e. The smallest absolute Gasteiger partial charge is 0.312 e. The van der Waals surface area contributed by atoms with Crippen LogP contribution in [-0.2, 0) is 23.9 Å². The van der Waals surface area contributed by atoms with Gasteiger partial charge in [-0.05, 0) is 44.9 Å². The molecule has 1 spiro atoms. The number of carbonyl (C=O) groups is 3. The number of esters is 1. The van der Waals surface area contributed by atoms with E-state index in [0.717, 1.165) is 19.3 Å². The molecular formula is C29H46N2O6. The van der Waals surface area contributed by atoms with E-state index in [1.807, 2.05) is 20.8 Å². The third kappa shape index (κ3) is 5.37. The number of fused-ring (bicyclic) bond motifs is 1. The fourth-order valence-corrected chi connectivity index (χ4v) is 6.72. The highest BCUT2D eigenvalue weighted by molar-refractivity contribution is 5.98. The molecule has 8 nitrogen and oxygen atoms in total. The number of nitrogens with zero attached hydrogens (tertiary/aromatic N) is 2. The van der Waals surface area contributed by atoms with Crippen molar-refractivity contribution in [1.29, 1.82) is 0 Å². The molecule has 8 heteroatoms. The lowest BCUT2D eigenvalue weighted by molar-refractivity contribution is -0.162. The van der Waals surface area contributed by atoms with Crippen LogP contribution in [0.5, 0.6) is 0 Å². The SMILES string of the molecule is C=CCCOC(=O)[C@@H]1[C@H]2C(=O)N([C@@H](CO)CC(C)C)C(C(=O)N(CC=C)CCCCC)C23CC[C@@]1(C)O3. The van der Waals surface area contributed by atoms with Gasteiger partial charge in [-0.25, -0.2) is 0 Å². The van der Waals surface area contributed by atoms with Crippen molar-refractivity contribution in [3.63, 3.8) is 0 Å². The first-order valence-electron chi connectivity index (χ1n) is 13.9. The Balaban J connectivity index is 2.06. The predicted octanol–water partition coefficient (Wildman–Crippen LogP) is 3.48. The van der Waals surface area contributed by atoms with Gasteiger partial charge in [0.25, 0.3) is 0 Å². The van der Waals surface area contributed by atoms with Gasteiger partial charge < -0.3 is 24.4 Å². The fourth-order valence-electron chi connectivity index (χ4n) is 6.72. The fraction of sp³-hybridized carbons (Fsp3) is 0.759. The van der Waals surface area contributed by atoms with Crippen LogP contribution in [0.2, 0.25) is 0 Å². The number of ether oxygens (including phenoxy) is 2. The lowest BCUT2D eigenvalue weighted by atomic mass is 9.66. The summed E-state index contributed by atoms with van der Waals surface area (Å²) < 4.78 is 12.2. The van der Waals surface area contributed by atoms with E-state index in [-0.39, 0.29) is 30.9 Å². The second-order valence-corrected chi connectivity index (χ2v) is 11.5. The number of aliphatic hydroxyl groups is 1. The molecule has 37 heavy (non-hydrogen) atoms. The van der Waals surface area contributed by atoms with Gasteiger partial charge in [0.2, 0.25) is 11.8 Å². The molecule has 0 radical (unpaired) electrons. The molecule has 3 rings (SSSR count). The summed E-state index contributed by atoms with van der Waals surface area (Å²) in [6, 6.07) is -1.45. The van der Waals surface area contributed by atoms with Crippen LogP contribution >= 0.6 is 0 Å². The van der Waals surface area contributed by atoms with Crippen molar-refractivity contribution in [2.45, 2.75) is 95.9 Å². The van der Waals surface area contributed by atoms with Gasteiger partial charge in [-0.3, -0.25) is 14.4 Å². The highest BCUT2D eigenvalue weighted by Crippen LogP contribution is 2.63. The summed E-state index contributed by atoms with van der Waals surface area (Å²) in [7, 11) is 0. The minimum atomic E-state index is -1.13. The predicted molar refractivity (Wildman–Crippen MR) is 141 cm³/mol. The normalized spacial score (nSPS) is 30.9. The van der Waals surface area contributed by atoms with Crippen molar-refractivity contribution < 1.29 is 29.0 Å². The summed E-state index contributed by atoms with van der Waals surface area (Å²) in [4.78, 5) is 45.2. The zero-order valence-electron chi connectivity index (χ0n) is 23.1. The molecule has 0 aromatic heterocycles. The molecule has 208 valence electrons. The van der Waals surface area contributed by atoms with E-state index in [2.05, 4.69) is 20.1 Å². The highest BCUT2D eigenvalue weighted by Gasteiger charge is 2.79. The van der Waals surface area contributed by atoms with Crippen LogP contribution in [0, 0.1) is 17.8 Å². The summed E-state index contributed by atoms with van der Waals surface area (Å²) in [5.41, 5.74) is -2.01. The first kappa shape index (κ1) is 29.4. The van der Waals surface area contributed by atoms with Crippen LogP contribution in [-0.4, -0.2) is 82.3 Å². The number of carbonyl (C=O) groups excluding carboxylic acids is 3. The molecule has 3 saturated heterocycles. The van der Waals surface area contributed by atoms with Gasteiger partial charge >= 0.3 is 5.97 Å². The topological polar surface area (TPSA) is 96.4 Å². The molecular weight excluding hydrogens is 472 g/mol. The van der Waals surface area contributed by atoms with Crippen LogP contribution in [0.3, 0.4) is 0 Å². The second-order valence-electron chi connectivity index (χ2n) is 11.5. The minimum Gasteiger partial charge on any atom is -0.465 e. The van der Waals surface area contributed by atoms with Gasteiger partial charge in [0, 0.05) is 13.1 Å². The van der Waals surface area contributed by atoms with Crippen LogP contribution < -0.4 is 0 Å². The Hall–Kier alpha value is -2.19. The molecule has 0 aromatic rings. The Morgan fingerprint density at radius 3 is 2.59 bits per heavy atom. The Labute approximate surface area is 222 Å². The number of hydrogen-bond acceptors (Lipinski definition) is 6. The Morgan fingerprint density at radius 1 is 1.27 bits per heavy atom. The van der Waals surface area contributed by atoms with Crippen molar-refractivity contribution in [3.05, 3.63) is 25.3 Å². The molecule has 3 aliphatic heterocycles. The zero-order valence-corrected chi connectivity index (χ0v) is 23.1. The van der Waals surface area contributed by atoms with E-state index in [4.69, 9.17) is 9.47 Å². The summed E-state index contributed by atoms with van der Waals surface area (Å²) in [5, 5.41) is 10.4. The first-order chi connectivity index (χ1) is 17.6. The van der Waals surface area contributed by atoms with Crippen molar-refractivity contribution in [2.24, 2.45) is 17.8 Å². The third-order valence-corrected chi connectivity index (χ3v) is 8.31. The van der Waals surface area contributed by atoms with E-state index < -0.39 is 41.1 Å². The molecule has 1 N–H and O–H groups in total. The average molecular weight is 519 g/mol. The first-order valence-corrected chi connectivity index (χ1v) is 13.9. The van der Waals surface area contributed by atoms with Gasteiger partial charge in [-0.15, -0.1) is 13.2 Å². The van der Waals surface area contributed by atoms with Gasteiger partial charge in [-0.2, -0.15) is 0 Å². The zero-order chi connectivity index (χ0) is 27.4. The molecule has 2 amide bonds. The molecule has 2 bridgehead atoms. The van der Waals surface area contributed by atoms with E-state index in [0.29, 0.717) is 38.8 Å². The van der Waals surface area contributed by atoms with Gasteiger partial charge in [-0.1, -0.05) is 45.8 Å². The van der Waals surface area contributed by atoms with Crippen LogP contribution in [0.1, 0.15) is 72.6 Å². The lowest BCUT2D eigenvalue weighted by Gasteiger charge is -2.40. The Morgan fingerprint density at radius 2 is 2.00 bits per heavy atom. The largest absolute Gasteiger partial charge is 0.465 e. The van der Waals surface area contributed by atoms with E-state index in [1.54, 1.807) is 22.0 Å². The maximum atomic E-state index is 14.3. The Bertz CT molecular complexity index is 874. The summed E-state index contributed by atoms with van der Waals surface area (Å²) in [6.07, 6.45) is 8.34. The monoisotopic (exact) mass is 518 g/mol. The number of unbranched alkanes of at least 4 members (excludes halogenated alkanes) is 2. The summed E-state index contributed by atoms with van der Waals surface area (Å²) in [5.74, 6) is -2.38. The molecule has 3 aliphatic rings. The standard InChI is InChI=1S/C29H46N2O6/c1-7-10-12-16-30(15-9-3)26(34)24-29-14-13-28(6,37-29)23(27(35)36-17-11-8-2)22(29)25(33)31(24)21(19-32)18-20(4)5/h8-9,20-24,32H,2-3,7,10-19H2,1,4-6H3/t21-,22+,23+,24?,28-,29?/m1/s1. The van der Waals surface area contributed by atoms with E-state index >= 15 is 0 Å². The average Bonchev–Trinajstić information content (AvgIpc) is 3.42. The van der Waals surface area contributed by atoms with Gasteiger partial charge in [0.15, 0.2) is 0 Å². The van der Waals surface area contributed by atoms with Crippen molar-refractivity contribution in [2.75, 3.05) is 26.3 Å². The quantitative estimate of drug-likeness (QED) is 0.203. The van der Waals surface area contributed by atoms with Crippen molar-refractivity contribution in [3.8, 4) is 0 Å².